The number of nitrogens with zero attached hydrogens (tertiary/aromatic N) is 2. The summed E-state index contributed by atoms with van der Waals surface area (Å²) in [6, 6.07) is 0. The summed E-state index contributed by atoms with van der Waals surface area (Å²) < 4.78 is 0.322. The summed E-state index contributed by atoms with van der Waals surface area (Å²) in [5, 5.41) is 3.83. The molecule has 4 nitrogen and oxygen atoms in total. The minimum atomic E-state index is 0.251. The van der Waals surface area contributed by atoms with Crippen molar-refractivity contribution in [1.29, 1.82) is 0 Å². The van der Waals surface area contributed by atoms with E-state index in [1.165, 1.54) is 31.9 Å². The van der Waals surface area contributed by atoms with Gasteiger partial charge in [0.15, 0.2) is 5.82 Å². The minimum Gasteiger partial charge on any atom is -0.368 e. The zero-order chi connectivity index (χ0) is 12.3. The topological polar surface area (TPSA) is 63.8 Å². The highest BCUT2D eigenvalue weighted by Crippen LogP contribution is 2.40. The largest absolute Gasteiger partial charge is 0.368 e. The summed E-state index contributed by atoms with van der Waals surface area (Å²) in [5.74, 6) is 0.890. The van der Waals surface area contributed by atoms with E-state index in [0.29, 0.717) is 15.6 Å². The lowest BCUT2D eigenvalue weighted by molar-refractivity contribution is 0.638. The number of rotatable bonds is 4. The zero-order valence-electron chi connectivity index (χ0n) is 9.87. The second kappa shape index (κ2) is 5.31. The molecule has 17 heavy (non-hydrogen) atoms. The maximum atomic E-state index is 6.02. The molecule has 0 amide bonds. The number of anilines is 2. The molecule has 1 aliphatic rings. The summed E-state index contributed by atoms with van der Waals surface area (Å²) in [4.78, 5) is 7.96. The predicted molar refractivity (Wildman–Crippen MR) is 74.7 cm³/mol. The van der Waals surface area contributed by atoms with E-state index in [1.54, 1.807) is 0 Å². The van der Waals surface area contributed by atoms with Crippen LogP contribution in [0.5, 0.6) is 0 Å². The van der Waals surface area contributed by atoms with E-state index < -0.39 is 0 Å². The first-order valence-electron chi connectivity index (χ1n) is 5.72. The summed E-state index contributed by atoms with van der Waals surface area (Å²) >= 11 is 7.95. The van der Waals surface area contributed by atoms with Gasteiger partial charge in [-0.15, -0.1) is 0 Å². The normalized spacial score (nSPS) is 18.2. The molecule has 2 rings (SSSR count). The van der Waals surface area contributed by atoms with Crippen LogP contribution in [0.2, 0.25) is 5.02 Å². The van der Waals surface area contributed by atoms with Gasteiger partial charge in [-0.1, -0.05) is 24.4 Å². The van der Waals surface area contributed by atoms with Gasteiger partial charge < -0.3 is 11.1 Å². The van der Waals surface area contributed by atoms with Crippen molar-refractivity contribution >= 4 is 35.1 Å². The molecule has 1 saturated carbocycles. The Morgan fingerprint density at radius 2 is 2.24 bits per heavy atom. The lowest BCUT2D eigenvalue weighted by Crippen LogP contribution is -2.30. The van der Waals surface area contributed by atoms with Crippen molar-refractivity contribution in [3.63, 3.8) is 0 Å². The van der Waals surface area contributed by atoms with E-state index in [9.17, 15) is 0 Å². The number of halogens is 1. The molecule has 1 aliphatic carbocycles. The number of hydrogen-bond acceptors (Lipinski definition) is 5. The molecule has 1 fully saturated rings. The molecular formula is C11H17ClN4S. The molecule has 1 heterocycles. The van der Waals surface area contributed by atoms with Crippen LogP contribution in [0.4, 0.5) is 11.8 Å². The predicted octanol–water partition coefficient (Wildman–Crippen LogP) is 2.80. The third-order valence-corrected chi connectivity index (χ3v) is 4.98. The number of aromatic nitrogens is 2. The molecule has 0 spiro atoms. The van der Waals surface area contributed by atoms with Crippen molar-refractivity contribution in [1.82, 2.24) is 9.97 Å². The van der Waals surface area contributed by atoms with E-state index >= 15 is 0 Å². The molecule has 0 radical (unpaired) electrons. The fourth-order valence-electron chi connectivity index (χ4n) is 2.22. The third kappa shape index (κ3) is 2.96. The van der Waals surface area contributed by atoms with E-state index in [0.717, 1.165) is 6.54 Å². The van der Waals surface area contributed by atoms with Gasteiger partial charge in [-0.2, -0.15) is 16.7 Å². The van der Waals surface area contributed by atoms with Crippen LogP contribution in [0.15, 0.2) is 6.20 Å². The molecule has 0 atom stereocenters. The molecule has 0 aliphatic heterocycles. The van der Waals surface area contributed by atoms with E-state index in [4.69, 9.17) is 17.3 Å². The highest BCUT2D eigenvalue weighted by molar-refractivity contribution is 8.00. The van der Waals surface area contributed by atoms with Gasteiger partial charge in [0.2, 0.25) is 5.95 Å². The van der Waals surface area contributed by atoms with Crippen LogP contribution < -0.4 is 11.1 Å². The fraction of sp³-hybridized carbons (Fsp3) is 0.636. The average molecular weight is 273 g/mol. The number of thioether (sulfide) groups is 1. The molecule has 3 N–H and O–H groups in total. The van der Waals surface area contributed by atoms with Crippen LogP contribution in [0.1, 0.15) is 25.7 Å². The van der Waals surface area contributed by atoms with Gasteiger partial charge >= 0.3 is 0 Å². The Hall–Kier alpha value is -0.680. The number of hydrogen-bond donors (Lipinski definition) is 2. The second-order valence-electron chi connectivity index (χ2n) is 4.37. The van der Waals surface area contributed by atoms with Gasteiger partial charge in [0.05, 0.1) is 6.20 Å². The van der Waals surface area contributed by atoms with Gasteiger partial charge in [0.25, 0.3) is 0 Å². The van der Waals surface area contributed by atoms with E-state index in [2.05, 4.69) is 21.5 Å². The van der Waals surface area contributed by atoms with Gasteiger partial charge in [-0.25, -0.2) is 4.98 Å². The van der Waals surface area contributed by atoms with Crippen LogP contribution in [-0.2, 0) is 0 Å². The number of nitrogens with two attached hydrogens (primary N) is 1. The van der Waals surface area contributed by atoms with Crippen LogP contribution in [-0.4, -0.2) is 27.5 Å². The standard InChI is InChI=1S/C11H17ClN4S/c1-17-11(4-2-3-5-11)7-15-9-8(12)6-14-10(13)16-9/h6H,2-5,7H2,1H3,(H3,13,14,15,16). The van der Waals surface area contributed by atoms with Gasteiger partial charge in [0.1, 0.15) is 5.02 Å². The number of nitrogen functional groups attached to an aromatic ring is 1. The highest BCUT2D eigenvalue weighted by Gasteiger charge is 2.32. The Bertz CT molecular complexity index is 393. The third-order valence-electron chi connectivity index (χ3n) is 3.29. The quantitative estimate of drug-likeness (QED) is 0.882. The van der Waals surface area contributed by atoms with Gasteiger partial charge in [-0.05, 0) is 19.1 Å². The highest BCUT2D eigenvalue weighted by atomic mass is 35.5. The monoisotopic (exact) mass is 272 g/mol. The first-order valence-corrected chi connectivity index (χ1v) is 7.32. The fourth-order valence-corrected chi connectivity index (χ4v) is 3.29. The van der Waals surface area contributed by atoms with Crippen molar-refractivity contribution < 1.29 is 0 Å². The molecule has 1 aromatic heterocycles. The molecule has 94 valence electrons. The lowest BCUT2D eigenvalue weighted by Gasteiger charge is -2.27. The van der Waals surface area contributed by atoms with Crippen molar-refractivity contribution in [2.45, 2.75) is 30.4 Å². The molecule has 0 unspecified atom stereocenters. The second-order valence-corrected chi connectivity index (χ2v) is 6.05. The van der Waals surface area contributed by atoms with Crippen molar-refractivity contribution in [3.8, 4) is 0 Å². The van der Waals surface area contributed by atoms with Crippen LogP contribution in [0.25, 0.3) is 0 Å². The molecule has 0 bridgehead atoms. The maximum Gasteiger partial charge on any atom is 0.222 e. The van der Waals surface area contributed by atoms with E-state index in [1.807, 2.05) is 11.8 Å². The summed E-state index contributed by atoms with van der Waals surface area (Å²) in [6.07, 6.45) is 8.82. The maximum absolute atomic E-state index is 6.02. The van der Waals surface area contributed by atoms with Gasteiger partial charge in [-0.3, -0.25) is 0 Å². The van der Waals surface area contributed by atoms with Crippen molar-refractivity contribution in [2.24, 2.45) is 0 Å². The lowest BCUT2D eigenvalue weighted by atomic mass is 10.1. The summed E-state index contributed by atoms with van der Waals surface area (Å²) in [5.41, 5.74) is 5.55. The van der Waals surface area contributed by atoms with Crippen LogP contribution in [0.3, 0.4) is 0 Å². The first kappa shape index (κ1) is 12.8. The molecule has 0 saturated heterocycles. The molecule has 1 aromatic rings. The van der Waals surface area contributed by atoms with Crippen molar-refractivity contribution in [2.75, 3.05) is 23.9 Å². The summed E-state index contributed by atoms with van der Waals surface area (Å²) in [6.45, 7) is 0.879. The van der Waals surface area contributed by atoms with Gasteiger partial charge in [0, 0.05) is 11.3 Å². The van der Waals surface area contributed by atoms with Crippen molar-refractivity contribution in [3.05, 3.63) is 11.2 Å². The Morgan fingerprint density at radius 1 is 1.53 bits per heavy atom. The first-order chi connectivity index (χ1) is 8.15. The Balaban J connectivity index is 2.03. The Labute approximate surface area is 111 Å². The van der Waals surface area contributed by atoms with Crippen LogP contribution in [0, 0.1) is 0 Å². The minimum absolute atomic E-state index is 0.251. The molecular weight excluding hydrogens is 256 g/mol. The number of nitrogens with one attached hydrogen (secondary N) is 1. The Kier molecular flexibility index (Phi) is 3.99. The summed E-state index contributed by atoms with van der Waals surface area (Å²) in [7, 11) is 0. The molecule has 6 heteroatoms. The SMILES string of the molecule is CSC1(CNc2nc(N)ncc2Cl)CCCC1. The Morgan fingerprint density at radius 3 is 2.88 bits per heavy atom. The smallest absolute Gasteiger partial charge is 0.222 e. The zero-order valence-corrected chi connectivity index (χ0v) is 11.4. The van der Waals surface area contributed by atoms with Crippen LogP contribution >= 0.6 is 23.4 Å². The van der Waals surface area contributed by atoms with E-state index in [-0.39, 0.29) is 5.95 Å². The molecule has 0 aromatic carbocycles. The average Bonchev–Trinajstić information content (AvgIpc) is 2.80.